The van der Waals surface area contributed by atoms with Crippen LogP contribution in [0.15, 0.2) is 34.9 Å². The molecule has 7 heteroatoms. The van der Waals surface area contributed by atoms with Gasteiger partial charge >= 0.3 is 0 Å². The Morgan fingerprint density at radius 3 is 2.96 bits per heavy atom. The minimum atomic E-state index is 0. The maximum atomic E-state index is 12.2. The van der Waals surface area contributed by atoms with Crippen molar-refractivity contribution in [2.24, 2.45) is 11.8 Å². The van der Waals surface area contributed by atoms with Gasteiger partial charge < -0.3 is 10.6 Å². The van der Waals surface area contributed by atoms with Crippen molar-refractivity contribution >= 4 is 50.7 Å². The number of aromatic nitrogens is 1. The minimum Gasteiger partial charge on any atom is -0.316 e. The first-order chi connectivity index (χ1) is 10.6. The van der Waals surface area contributed by atoms with E-state index in [9.17, 15) is 4.79 Å². The normalized spacial score (nSPS) is 15.4. The first kappa shape index (κ1) is 18.4. The van der Waals surface area contributed by atoms with Crippen molar-refractivity contribution in [2.45, 2.75) is 13.3 Å². The number of nitrogens with zero attached hydrogens (tertiary/aromatic N) is 1. The summed E-state index contributed by atoms with van der Waals surface area (Å²) in [5.41, 5.74) is 1.23. The van der Waals surface area contributed by atoms with Gasteiger partial charge in [-0.2, -0.15) is 0 Å². The predicted molar refractivity (Wildman–Crippen MR) is 100 cm³/mol. The third-order valence-corrected chi connectivity index (χ3v) is 5.39. The van der Waals surface area contributed by atoms with E-state index in [4.69, 9.17) is 0 Å². The maximum absolute atomic E-state index is 12.2. The Hall–Kier alpha value is -0.950. The molecule has 0 spiro atoms. The Morgan fingerprint density at radius 2 is 2.30 bits per heavy atom. The molecule has 0 radical (unpaired) electrons. The molecule has 3 rings (SSSR count). The fourth-order valence-corrected chi connectivity index (χ4v) is 3.69. The van der Waals surface area contributed by atoms with Crippen molar-refractivity contribution in [3.63, 3.8) is 0 Å². The molecule has 23 heavy (non-hydrogen) atoms. The molecule has 0 saturated carbocycles. The van der Waals surface area contributed by atoms with Crippen LogP contribution in [-0.4, -0.2) is 24.0 Å². The lowest BCUT2D eigenvalue weighted by Crippen LogP contribution is -2.48. The maximum Gasteiger partial charge on any atom is 0.229 e. The number of hydrogen-bond donors (Lipinski definition) is 2. The highest BCUT2D eigenvalue weighted by molar-refractivity contribution is 9.10. The zero-order valence-electron chi connectivity index (χ0n) is 12.7. The molecule has 1 unspecified atom stereocenters. The van der Waals surface area contributed by atoms with Crippen LogP contribution in [0.3, 0.4) is 0 Å². The SMILES string of the molecule is CC(C(=O)Nc1ncc(Cc2cccc(Br)c2)s1)C1CNC1.Cl. The summed E-state index contributed by atoms with van der Waals surface area (Å²) in [6, 6.07) is 8.23. The molecule has 0 bridgehead atoms. The number of hydrogen-bond acceptors (Lipinski definition) is 4. The van der Waals surface area contributed by atoms with E-state index in [2.05, 4.69) is 43.7 Å². The number of rotatable bonds is 5. The Kier molecular flexibility index (Phi) is 6.59. The molecule has 2 N–H and O–H groups in total. The number of thiazole rings is 1. The third kappa shape index (κ3) is 4.76. The van der Waals surface area contributed by atoms with E-state index in [-0.39, 0.29) is 24.2 Å². The first-order valence-corrected chi connectivity index (χ1v) is 8.93. The van der Waals surface area contributed by atoms with Crippen LogP contribution < -0.4 is 10.6 Å². The highest BCUT2D eigenvalue weighted by atomic mass is 79.9. The number of carbonyl (C=O) groups excluding carboxylic acids is 1. The van der Waals surface area contributed by atoms with E-state index in [1.165, 1.54) is 5.56 Å². The van der Waals surface area contributed by atoms with Crippen LogP contribution in [0.25, 0.3) is 0 Å². The lowest BCUT2D eigenvalue weighted by Gasteiger charge is -2.31. The summed E-state index contributed by atoms with van der Waals surface area (Å²) in [5, 5.41) is 6.83. The van der Waals surface area contributed by atoms with E-state index in [0.29, 0.717) is 11.0 Å². The number of amides is 1. The van der Waals surface area contributed by atoms with Crippen molar-refractivity contribution in [3.05, 3.63) is 45.4 Å². The van der Waals surface area contributed by atoms with Gasteiger partial charge in [-0.3, -0.25) is 4.79 Å². The van der Waals surface area contributed by atoms with E-state index < -0.39 is 0 Å². The van der Waals surface area contributed by atoms with Gasteiger partial charge in [-0.15, -0.1) is 23.7 Å². The molecule has 1 amide bonds. The van der Waals surface area contributed by atoms with Crippen LogP contribution in [0.2, 0.25) is 0 Å². The molecule has 2 aromatic rings. The zero-order valence-corrected chi connectivity index (χ0v) is 15.9. The molecule has 1 atom stereocenters. The van der Waals surface area contributed by atoms with Gasteiger partial charge in [-0.05, 0) is 36.7 Å². The van der Waals surface area contributed by atoms with E-state index >= 15 is 0 Å². The summed E-state index contributed by atoms with van der Waals surface area (Å²) in [7, 11) is 0. The molecule has 1 aromatic carbocycles. The molecule has 124 valence electrons. The van der Waals surface area contributed by atoms with Gasteiger partial charge in [-0.25, -0.2) is 4.98 Å². The van der Waals surface area contributed by atoms with E-state index in [0.717, 1.165) is 28.9 Å². The van der Waals surface area contributed by atoms with E-state index in [1.54, 1.807) is 11.3 Å². The quantitative estimate of drug-likeness (QED) is 0.781. The number of carbonyl (C=O) groups is 1. The van der Waals surface area contributed by atoms with Gasteiger partial charge in [0.1, 0.15) is 0 Å². The zero-order chi connectivity index (χ0) is 15.5. The van der Waals surface area contributed by atoms with Crippen LogP contribution in [0, 0.1) is 11.8 Å². The molecule has 1 fully saturated rings. The summed E-state index contributed by atoms with van der Waals surface area (Å²) in [6.07, 6.45) is 2.67. The average molecular weight is 417 g/mol. The van der Waals surface area contributed by atoms with Gasteiger partial charge in [0.15, 0.2) is 5.13 Å². The van der Waals surface area contributed by atoms with Gasteiger partial charge in [-0.1, -0.05) is 35.0 Å². The second-order valence-electron chi connectivity index (χ2n) is 5.63. The lowest BCUT2D eigenvalue weighted by molar-refractivity contribution is -0.121. The predicted octanol–water partition coefficient (Wildman–Crippen LogP) is 3.71. The lowest BCUT2D eigenvalue weighted by atomic mass is 9.88. The molecule has 1 aromatic heterocycles. The van der Waals surface area contributed by atoms with Crippen LogP contribution in [0.4, 0.5) is 5.13 Å². The Labute approximate surface area is 154 Å². The molecule has 1 aliphatic rings. The van der Waals surface area contributed by atoms with Gasteiger partial charge in [0.2, 0.25) is 5.91 Å². The molecule has 1 aliphatic heterocycles. The molecule has 2 heterocycles. The molecule has 0 aliphatic carbocycles. The molecule has 1 saturated heterocycles. The van der Waals surface area contributed by atoms with Crippen molar-refractivity contribution in [3.8, 4) is 0 Å². The summed E-state index contributed by atoms with van der Waals surface area (Å²) in [5.74, 6) is 0.537. The fraction of sp³-hybridized carbons (Fsp3) is 0.375. The molecule has 4 nitrogen and oxygen atoms in total. The topological polar surface area (TPSA) is 54.0 Å². The van der Waals surface area contributed by atoms with Gasteiger partial charge in [0.05, 0.1) is 0 Å². The van der Waals surface area contributed by atoms with E-state index in [1.807, 2.05) is 25.3 Å². The van der Waals surface area contributed by atoms with Crippen LogP contribution in [0.1, 0.15) is 17.4 Å². The molecular formula is C16H19BrClN3OS. The summed E-state index contributed by atoms with van der Waals surface area (Å²) in [6.45, 7) is 3.85. The van der Waals surface area contributed by atoms with Crippen molar-refractivity contribution in [2.75, 3.05) is 18.4 Å². The first-order valence-electron chi connectivity index (χ1n) is 7.32. The Balaban J connectivity index is 0.00000192. The third-order valence-electron chi connectivity index (χ3n) is 3.98. The fourth-order valence-electron chi connectivity index (χ4n) is 2.39. The second kappa shape index (κ2) is 8.24. The number of halogens is 2. The summed E-state index contributed by atoms with van der Waals surface area (Å²) in [4.78, 5) is 17.6. The Bertz CT molecular complexity index is 675. The van der Waals surface area contributed by atoms with Crippen molar-refractivity contribution < 1.29 is 4.79 Å². The largest absolute Gasteiger partial charge is 0.316 e. The van der Waals surface area contributed by atoms with Gasteiger partial charge in [0.25, 0.3) is 0 Å². The van der Waals surface area contributed by atoms with Crippen LogP contribution in [-0.2, 0) is 11.2 Å². The standard InChI is InChI=1S/C16H18BrN3OS.ClH/c1-10(12-7-18-8-12)15(21)20-16-19-9-14(22-16)6-11-3-2-4-13(17)5-11;/h2-5,9-10,12,18H,6-8H2,1H3,(H,19,20,21);1H. The summed E-state index contributed by atoms with van der Waals surface area (Å²) < 4.78 is 1.07. The number of benzene rings is 1. The monoisotopic (exact) mass is 415 g/mol. The highest BCUT2D eigenvalue weighted by Gasteiger charge is 2.29. The summed E-state index contributed by atoms with van der Waals surface area (Å²) >= 11 is 5.02. The Morgan fingerprint density at radius 1 is 1.52 bits per heavy atom. The number of anilines is 1. The van der Waals surface area contributed by atoms with Crippen LogP contribution in [0.5, 0.6) is 0 Å². The van der Waals surface area contributed by atoms with Crippen molar-refractivity contribution in [1.82, 2.24) is 10.3 Å². The number of nitrogens with one attached hydrogen (secondary N) is 2. The van der Waals surface area contributed by atoms with Crippen LogP contribution >= 0.6 is 39.7 Å². The second-order valence-corrected chi connectivity index (χ2v) is 7.67. The molecular weight excluding hydrogens is 398 g/mol. The van der Waals surface area contributed by atoms with Crippen molar-refractivity contribution in [1.29, 1.82) is 0 Å². The minimum absolute atomic E-state index is 0. The average Bonchev–Trinajstić information content (AvgIpc) is 2.84. The smallest absolute Gasteiger partial charge is 0.229 e. The highest BCUT2D eigenvalue weighted by Crippen LogP contribution is 2.24. The van der Waals surface area contributed by atoms with Gasteiger partial charge in [0, 0.05) is 27.9 Å².